The molecule has 1 aromatic carbocycles. The van der Waals surface area contributed by atoms with Crippen molar-refractivity contribution in [3.05, 3.63) is 41.7 Å². The summed E-state index contributed by atoms with van der Waals surface area (Å²) in [5, 5.41) is 9.12. The molecule has 3 heterocycles. The minimum Gasteiger partial charge on any atom is -0.356 e. The second-order valence-electron chi connectivity index (χ2n) is 6.82. The van der Waals surface area contributed by atoms with Gasteiger partial charge < -0.3 is 5.32 Å². The van der Waals surface area contributed by atoms with E-state index in [1.165, 1.54) is 10.4 Å². The van der Waals surface area contributed by atoms with E-state index in [1.54, 1.807) is 11.3 Å². The van der Waals surface area contributed by atoms with Crippen LogP contribution in [0.2, 0.25) is 0 Å². The lowest BCUT2D eigenvalue weighted by Gasteiger charge is -2.28. The summed E-state index contributed by atoms with van der Waals surface area (Å²) in [5.41, 5.74) is 3.47. The van der Waals surface area contributed by atoms with Crippen LogP contribution in [0.4, 0.5) is 5.13 Å². The zero-order valence-electron chi connectivity index (χ0n) is 14.2. The summed E-state index contributed by atoms with van der Waals surface area (Å²) in [6, 6.07) is 10.5. The van der Waals surface area contributed by atoms with E-state index in [-0.39, 0.29) is 0 Å². The number of hydrogen-bond acceptors (Lipinski definition) is 5. The fourth-order valence-corrected chi connectivity index (χ4v) is 4.11. The molecule has 0 spiro atoms. The number of nitrogens with zero attached hydrogens (tertiary/aromatic N) is 4. The van der Waals surface area contributed by atoms with Gasteiger partial charge in [-0.05, 0) is 24.1 Å². The van der Waals surface area contributed by atoms with Crippen LogP contribution < -0.4 is 5.32 Å². The van der Waals surface area contributed by atoms with Gasteiger partial charge in [0.25, 0.3) is 0 Å². The molecule has 24 heavy (non-hydrogen) atoms. The van der Waals surface area contributed by atoms with E-state index in [4.69, 9.17) is 5.10 Å². The highest BCUT2D eigenvalue weighted by Gasteiger charge is 2.18. The van der Waals surface area contributed by atoms with Crippen LogP contribution in [-0.2, 0) is 19.6 Å². The van der Waals surface area contributed by atoms with Gasteiger partial charge >= 0.3 is 0 Å². The first-order chi connectivity index (χ1) is 11.7. The van der Waals surface area contributed by atoms with Crippen LogP contribution in [0.15, 0.2) is 30.3 Å². The molecule has 0 bridgehead atoms. The summed E-state index contributed by atoms with van der Waals surface area (Å²) < 4.78 is 3.38. The van der Waals surface area contributed by atoms with Gasteiger partial charge in [0, 0.05) is 19.6 Å². The van der Waals surface area contributed by atoms with Crippen molar-refractivity contribution in [2.45, 2.75) is 33.5 Å². The predicted molar refractivity (Wildman–Crippen MR) is 99.3 cm³/mol. The van der Waals surface area contributed by atoms with E-state index in [0.717, 1.165) is 49.1 Å². The lowest BCUT2D eigenvalue weighted by Crippen LogP contribution is -2.36. The Morgan fingerprint density at radius 3 is 2.96 bits per heavy atom. The van der Waals surface area contributed by atoms with Crippen LogP contribution in [0.5, 0.6) is 0 Å². The molecular formula is C18H23N5S. The lowest BCUT2D eigenvalue weighted by molar-refractivity contribution is 0.192. The second-order valence-corrected chi connectivity index (χ2v) is 7.85. The standard InChI is InChI=1S/C18H23N5S/c1-13(2)11-22-7-8-23-15(12-22)9-14(21-23)10-19-18-20-16-5-3-4-6-17(16)24-18/h3-6,9,13H,7-8,10-12H2,1-2H3,(H,19,20). The topological polar surface area (TPSA) is 46.0 Å². The Labute approximate surface area is 146 Å². The molecule has 1 aliphatic rings. The number of thiazole rings is 1. The van der Waals surface area contributed by atoms with Gasteiger partial charge in [-0.1, -0.05) is 37.3 Å². The zero-order chi connectivity index (χ0) is 16.5. The maximum absolute atomic E-state index is 4.74. The molecule has 0 unspecified atom stereocenters. The first kappa shape index (κ1) is 15.6. The van der Waals surface area contributed by atoms with Gasteiger partial charge in [-0.2, -0.15) is 5.10 Å². The fraction of sp³-hybridized carbons (Fsp3) is 0.444. The van der Waals surface area contributed by atoms with Crippen LogP contribution in [0.1, 0.15) is 25.2 Å². The van der Waals surface area contributed by atoms with E-state index in [1.807, 2.05) is 6.07 Å². The number of fused-ring (bicyclic) bond motifs is 2. The Bertz CT molecular complexity index is 802. The zero-order valence-corrected chi connectivity index (χ0v) is 15.0. The van der Waals surface area contributed by atoms with Gasteiger partial charge in [-0.15, -0.1) is 0 Å². The molecule has 1 N–H and O–H groups in total. The van der Waals surface area contributed by atoms with E-state index < -0.39 is 0 Å². The van der Waals surface area contributed by atoms with E-state index >= 15 is 0 Å². The molecule has 0 atom stereocenters. The number of nitrogens with one attached hydrogen (secondary N) is 1. The maximum Gasteiger partial charge on any atom is 0.184 e. The van der Waals surface area contributed by atoms with Crippen LogP contribution in [0, 0.1) is 5.92 Å². The lowest BCUT2D eigenvalue weighted by atomic mass is 10.2. The Kier molecular flexibility index (Phi) is 4.24. The average molecular weight is 341 g/mol. The van der Waals surface area contributed by atoms with E-state index in [9.17, 15) is 0 Å². The normalized spacial score (nSPS) is 15.1. The Hall–Kier alpha value is -1.92. The first-order valence-corrected chi connectivity index (χ1v) is 9.36. The summed E-state index contributed by atoms with van der Waals surface area (Å²) in [6.45, 7) is 9.53. The third-order valence-corrected chi connectivity index (χ3v) is 5.26. The van der Waals surface area contributed by atoms with Crippen molar-refractivity contribution in [2.75, 3.05) is 18.4 Å². The van der Waals surface area contributed by atoms with Gasteiger partial charge in [0.2, 0.25) is 0 Å². The number of para-hydroxylation sites is 1. The molecule has 0 amide bonds. The molecule has 0 saturated heterocycles. The monoisotopic (exact) mass is 341 g/mol. The molecular weight excluding hydrogens is 318 g/mol. The Morgan fingerprint density at radius 1 is 1.25 bits per heavy atom. The van der Waals surface area contributed by atoms with Crippen molar-refractivity contribution in [2.24, 2.45) is 5.92 Å². The highest BCUT2D eigenvalue weighted by atomic mass is 32.1. The highest BCUT2D eigenvalue weighted by Crippen LogP contribution is 2.25. The van der Waals surface area contributed by atoms with Crippen LogP contribution in [-0.4, -0.2) is 32.8 Å². The molecule has 6 heteroatoms. The summed E-state index contributed by atoms with van der Waals surface area (Å²) in [6.07, 6.45) is 0. The van der Waals surface area contributed by atoms with Crippen molar-refractivity contribution in [1.82, 2.24) is 19.7 Å². The van der Waals surface area contributed by atoms with Gasteiger partial charge in [-0.25, -0.2) is 4.98 Å². The van der Waals surface area contributed by atoms with Gasteiger partial charge in [0.05, 0.1) is 34.7 Å². The SMILES string of the molecule is CC(C)CN1CCn2nc(CNc3nc4ccccc4s3)cc2C1. The number of rotatable bonds is 5. The van der Waals surface area contributed by atoms with Crippen LogP contribution in [0.3, 0.4) is 0 Å². The Balaban J connectivity index is 1.42. The molecule has 126 valence electrons. The highest BCUT2D eigenvalue weighted by molar-refractivity contribution is 7.22. The Morgan fingerprint density at radius 2 is 2.12 bits per heavy atom. The molecule has 1 aliphatic heterocycles. The minimum atomic E-state index is 0.708. The quantitative estimate of drug-likeness (QED) is 0.770. The predicted octanol–water partition coefficient (Wildman–Crippen LogP) is 3.58. The molecule has 0 aliphatic carbocycles. The second kappa shape index (κ2) is 6.53. The summed E-state index contributed by atoms with van der Waals surface area (Å²) in [4.78, 5) is 7.14. The molecule has 0 radical (unpaired) electrons. The average Bonchev–Trinajstić information content (AvgIpc) is 3.14. The van der Waals surface area contributed by atoms with E-state index in [2.05, 4.69) is 58.0 Å². The van der Waals surface area contributed by atoms with Gasteiger partial charge in [0.15, 0.2) is 5.13 Å². The fourth-order valence-electron chi connectivity index (χ4n) is 3.25. The number of benzene rings is 1. The smallest absolute Gasteiger partial charge is 0.184 e. The van der Waals surface area contributed by atoms with Crippen molar-refractivity contribution in [3.63, 3.8) is 0 Å². The molecule has 4 rings (SSSR count). The third-order valence-electron chi connectivity index (χ3n) is 4.27. The molecule has 5 nitrogen and oxygen atoms in total. The largest absolute Gasteiger partial charge is 0.356 e. The number of hydrogen-bond donors (Lipinski definition) is 1. The summed E-state index contributed by atoms with van der Waals surface area (Å²) in [7, 11) is 0. The van der Waals surface area contributed by atoms with Gasteiger partial charge in [0.1, 0.15) is 0 Å². The molecule has 0 saturated carbocycles. The van der Waals surface area contributed by atoms with Crippen LogP contribution in [0.25, 0.3) is 10.2 Å². The number of aromatic nitrogens is 3. The molecule has 2 aromatic heterocycles. The first-order valence-electron chi connectivity index (χ1n) is 8.55. The van der Waals surface area contributed by atoms with Crippen molar-refractivity contribution in [1.29, 1.82) is 0 Å². The summed E-state index contributed by atoms with van der Waals surface area (Å²) in [5.74, 6) is 0.708. The van der Waals surface area contributed by atoms with Crippen molar-refractivity contribution in [3.8, 4) is 0 Å². The van der Waals surface area contributed by atoms with E-state index in [0.29, 0.717) is 5.92 Å². The molecule has 3 aromatic rings. The number of anilines is 1. The molecule has 0 fully saturated rings. The third kappa shape index (κ3) is 3.30. The van der Waals surface area contributed by atoms with Crippen LogP contribution >= 0.6 is 11.3 Å². The summed E-state index contributed by atoms with van der Waals surface area (Å²) >= 11 is 1.69. The maximum atomic E-state index is 4.74. The van der Waals surface area contributed by atoms with Crippen molar-refractivity contribution >= 4 is 26.7 Å². The van der Waals surface area contributed by atoms with Crippen molar-refractivity contribution < 1.29 is 0 Å². The van der Waals surface area contributed by atoms with Gasteiger partial charge in [-0.3, -0.25) is 9.58 Å². The minimum absolute atomic E-state index is 0.708.